The molecule has 0 fully saturated rings. The number of alkyl halides is 3. The molecule has 0 aliphatic carbocycles. The molecule has 0 atom stereocenters. The highest BCUT2D eigenvalue weighted by Crippen LogP contribution is 2.17. The van der Waals surface area contributed by atoms with Crippen LogP contribution in [0.15, 0.2) is 24.3 Å². The molecule has 108 valence electrons. The second kappa shape index (κ2) is 7.38. The average Bonchev–Trinajstić information content (AvgIpc) is 2.33. The largest absolute Gasteiger partial charge is 0.411 e. The van der Waals surface area contributed by atoms with E-state index >= 15 is 0 Å². The number of ether oxygens (including phenoxy) is 1. The van der Waals surface area contributed by atoms with E-state index in [1.165, 1.54) is 5.56 Å². The molecule has 0 amide bonds. The summed E-state index contributed by atoms with van der Waals surface area (Å²) in [6.45, 7) is 3.78. The maximum absolute atomic E-state index is 11.8. The third-order valence-corrected chi connectivity index (χ3v) is 2.64. The Balaban J connectivity index is 2.16. The van der Waals surface area contributed by atoms with Crippen molar-refractivity contribution in [2.24, 2.45) is 0 Å². The van der Waals surface area contributed by atoms with Crippen LogP contribution in [0, 0.1) is 0 Å². The molecule has 0 aliphatic heterocycles. The van der Waals surface area contributed by atoms with Crippen molar-refractivity contribution in [2.75, 3.05) is 25.1 Å². The number of benzene rings is 1. The molecule has 0 unspecified atom stereocenters. The van der Waals surface area contributed by atoms with Crippen LogP contribution in [0.5, 0.6) is 0 Å². The summed E-state index contributed by atoms with van der Waals surface area (Å²) in [5.41, 5.74) is 2.24. The SMILES string of the molecule is CC(C)c1ccc(NCCCOCC(F)(F)F)cc1. The Kier molecular flexibility index (Phi) is 6.15. The Morgan fingerprint density at radius 1 is 1.16 bits per heavy atom. The van der Waals surface area contributed by atoms with Gasteiger partial charge in [0.1, 0.15) is 6.61 Å². The van der Waals surface area contributed by atoms with Crippen molar-refractivity contribution in [3.05, 3.63) is 29.8 Å². The third kappa shape index (κ3) is 7.06. The molecule has 1 rings (SSSR count). The smallest absolute Gasteiger partial charge is 0.385 e. The Morgan fingerprint density at radius 2 is 1.79 bits per heavy atom. The van der Waals surface area contributed by atoms with E-state index in [4.69, 9.17) is 0 Å². The van der Waals surface area contributed by atoms with Crippen molar-refractivity contribution in [1.82, 2.24) is 0 Å². The van der Waals surface area contributed by atoms with Crippen molar-refractivity contribution in [1.29, 1.82) is 0 Å². The summed E-state index contributed by atoms with van der Waals surface area (Å²) in [5, 5.41) is 3.15. The first-order valence-electron chi connectivity index (χ1n) is 6.37. The van der Waals surface area contributed by atoms with Gasteiger partial charge in [0.15, 0.2) is 0 Å². The average molecular weight is 275 g/mol. The molecular weight excluding hydrogens is 255 g/mol. The fourth-order valence-electron chi connectivity index (χ4n) is 1.58. The minimum atomic E-state index is -4.24. The molecule has 5 heteroatoms. The van der Waals surface area contributed by atoms with E-state index in [1.54, 1.807) is 0 Å². The quantitative estimate of drug-likeness (QED) is 0.753. The maximum atomic E-state index is 11.8. The first-order valence-corrected chi connectivity index (χ1v) is 6.37. The van der Waals surface area contributed by atoms with E-state index in [9.17, 15) is 13.2 Å². The van der Waals surface area contributed by atoms with E-state index in [0.29, 0.717) is 18.9 Å². The van der Waals surface area contributed by atoms with Crippen molar-refractivity contribution in [3.63, 3.8) is 0 Å². The molecule has 0 saturated carbocycles. The van der Waals surface area contributed by atoms with Crippen LogP contribution in [-0.2, 0) is 4.74 Å². The number of nitrogens with one attached hydrogen (secondary N) is 1. The number of hydrogen-bond acceptors (Lipinski definition) is 2. The lowest BCUT2D eigenvalue weighted by Gasteiger charge is -2.10. The summed E-state index contributed by atoms with van der Waals surface area (Å²) in [4.78, 5) is 0. The number of anilines is 1. The van der Waals surface area contributed by atoms with E-state index in [-0.39, 0.29) is 6.61 Å². The van der Waals surface area contributed by atoms with Crippen molar-refractivity contribution in [3.8, 4) is 0 Å². The molecule has 2 nitrogen and oxygen atoms in total. The molecule has 0 aromatic heterocycles. The van der Waals surface area contributed by atoms with Crippen LogP contribution < -0.4 is 5.32 Å². The van der Waals surface area contributed by atoms with Crippen LogP contribution in [-0.4, -0.2) is 25.9 Å². The van der Waals surface area contributed by atoms with Crippen LogP contribution in [0.4, 0.5) is 18.9 Å². The fourth-order valence-corrected chi connectivity index (χ4v) is 1.58. The predicted molar refractivity (Wildman–Crippen MR) is 70.5 cm³/mol. The van der Waals surface area contributed by atoms with Crippen LogP contribution >= 0.6 is 0 Å². The van der Waals surface area contributed by atoms with Gasteiger partial charge in [-0.2, -0.15) is 13.2 Å². The molecule has 1 N–H and O–H groups in total. The topological polar surface area (TPSA) is 21.3 Å². The molecule has 0 aliphatic rings. The highest BCUT2D eigenvalue weighted by atomic mass is 19.4. The second-order valence-corrected chi connectivity index (χ2v) is 4.72. The Hall–Kier alpha value is -1.23. The van der Waals surface area contributed by atoms with Gasteiger partial charge >= 0.3 is 6.18 Å². The van der Waals surface area contributed by atoms with Crippen LogP contribution in [0.1, 0.15) is 31.7 Å². The zero-order valence-electron chi connectivity index (χ0n) is 11.3. The molecule has 0 bridgehead atoms. The minimum absolute atomic E-state index is 0.108. The van der Waals surface area contributed by atoms with Crippen molar-refractivity contribution in [2.45, 2.75) is 32.4 Å². The number of rotatable bonds is 7. The molecule has 1 aromatic carbocycles. The molecule has 1 aromatic rings. The predicted octanol–water partition coefficient (Wildman–Crippen LogP) is 4.19. The van der Waals surface area contributed by atoms with Gasteiger partial charge < -0.3 is 10.1 Å². The zero-order chi connectivity index (χ0) is 14.3. The van der Waals surface area contributed by atoms with E-state index < -0.39 is 12.8 Å². The summed E-state index contributed by atoms with van der Waals surface area (Å²) in [6.07, 6.45) is -3.69. The zero-order valence-corrected chi connectivity index (χ0v) is 11.3. The van der Waals surface area contributed by atoms with Crippen LogP contribution in [0.2, 0.25) is 0 Å². The minimum Gasteiger partial charge on any atom is -0.385 e. The van der Waals surface area contributed by atoms with Gasteiger partial charge in [0.2, 0.25) is 0 Å². The summed E-state index contributed by atoms with van der Waals surface area (Å²) in [7, 11) is 0. The monoisotopic (exact) mass is 275 g/mol. The molecule has 19 heavy (non-hydrogen) atoms. The summed E-state index contributed by atoms with van der Waals surface area (Å²) in [6, 6.07) is 8.05. The molecule has 0 radical (unpaired) electrons. The van der Waals surface area contributed by atoms with Crippen LogP contribution in [0.25, 0.3) is 0 Å². The fraction of sp³-hybridized carbons (Fsp3) is 0.571. The first kappa shape index (κ1) is 15.8. The molecule has 0 saturated heterocycles. The number of hydrogen-bond donors (Lipinski definition) is 1. The van der Waals surface area contributed by atoms with E-state index in [2.05, 4.69) is 23.9 Å². The summed E-state index contributed by atoms with van der Waals surface area (Å²) < 4.78 is 39.9. The summed E-state index contributed by atoms with van der Waals surface area (Å²) >= 11 is 0. The van der Waals surface area contributed by atoms with E-state index in [0.717, 1.165) is 5.69 Å². The lowest BCUT2D eigenvalue weighted by atomic mass is 10.0. The molecule has 0 heterocycles. The Morgan fingerprint density at radius 3 is 2.32 bits per heavy atom. The maximum Gasteiger partial charge on any atom is 0.411 e. The third-order valence-electron chi connectivity index (χ3n) is 2.64. The van der Waals surface area contributed by atoms with Crippen molar-refractivity contribution < 1.29 is 17.9 Å². The van der Waals surface area contributed by atoms with E-state index in [1.807, 2.05) is 24.3 Å². The Bertz CT molecular complexity index is 360. The van der Waals surface area contributed by atoms with Gasteiger partial charge in [-0.15, -0.1) is 0 Å². The lowest BCUT2D eigenvalue weighted by molar-refractivity contribution is -0.173. The molecule has 0 spiro atoms. The second-order valence-electron chi connectivity index (χ2n) is 4.72. The Labute approximate surface area is 112 Å². The van der Waals surface area contributed by atoms with Gasteiger partial charge in [-0.25, -0.2) is 0 Å². The van der Waals surface area contributed by atoms with Gasteiger partial charge in [-0.1, -0.05) is 26.0 Å². The van der Waals surface area contributed by atoms with Gasteiger partial charge in [0.05, 0.1) is 0 Å². The normalized spacial score (nSPS) is 11.9. The molecular formula is C14H20F3NO. The lowest BCUT2D eigenvalue weighted by Crippen LogP contribution is -2.18. The summed E-state index contributed by atoms with van der Waals surface area (Å²) in [5.74, 6) is 0.491. The van der Waals surface area contributed by atoms with Crippen molar-refractivity contribution >= 4 is 5.69 Å². The first-order chi connectivity index (χ1) is 8.88. The van der Waals surface area contributed by atoms with Gasteiger partial charge in [-0.05, 0) is 30.0 Å². The number of halogens is 3. The van der Waals surface area contributed by atoms with Gasteiger partial charge in [0.25, 0.3) is 0 Å². The van der Waals surface area contributed by atoms with Gasteiger partial charge in [0, 0.05) is 18.8 Å². The highest BCUT2D eigenvalue weighted by Gasteiger charge is 2.27. The highest BCUT2D eigenvalue weighted by molar-refractivity contribution is 5.44. The standard InChI is InChI=1S/C14H20F3NO/c1-11(2)12-4-6-13(7-5-12)18-8-3-9-19-10-14(15,16)17/h4-7,11,18H,3,8-10H2,1-2H3. The van der Waals surface area contributed by atoms with Crippen LogP contribution in [0.3, 0.4) is 0 Å². The van der Waals surface area contributed by atoms with Gasteiger partial charge in [-0.3, -0.25) is 0 Å².